The average molecular weight is 278 g/mol. The Kier molecular flexibility index (Phi) is 2.71. The van der Waals surface area contributed by atoms with Crippen LogP contribution in [0.1, 0.15) is 25.5 Å². The van der Waals surface area contributed by atoms with Crippen molar-refractivity contribution in [2.75, 3.05) is 0 Å². The molecule has 5 nitrogen and oxygen atoms in total. The summed E-state index contributed by atoms with van der Waals surface area (Å²) < 4.78 is 23.3. The Hall–Kier alpha value is -0.980. The number of rotatable bonds is 1. The fourth-order valence-corrected chi connectivity index (χ4v) is 3.27. The lowest BCUT2D eigenvalue weighted by Gasteiger charge is -2.21. The summed E-state index contributed by atoms with van der Waals surface area (Å²) in [5.74, 6) is -0.667. The van der Waals surface area contributed by atoms with E-state index in [9.17, 15) is 5.11 Å². The topological polar surface area (TPSA) is 57.2 Å². The van der Waals surface area contributed by atoms with Gasteiger partial charge in [0.2, 0.25) is 0 Å². The fourth-order valence-electron chi connectivity index (χ4n) is 3.27. The summed E-state index contributed by atoms with van der Waals surface area (Å²) in [6.45, 7) is 3.70. The van der Waals surface area contributed by atoms with Crippen molar-refractivity contribution in [1.82, 2.24) is 0 Å². The number of benzene rings is 1. The van der Waals surface area contributed by atoms with Gasteiger partial charge in [0.25, 0.3) is 0 Å². The molecule has 1 aromatic rings. The third-order valence-electron chi connectivity index (χ3n) is 4.11. The van der Waals surface area contributed by atoms with E-state index in [1.807, 2.05) is 44.2 Å². The normalized spacial score (nSPS) is 45.4. The summed E-state index contributed by atoms with van der Waals surface area (Å²) in [5, 5.41) is 10.4. The lowest BCUT2D eigenvalue weighted by atomic mass is 10.0. The van der Waals surface area contributed by atoms with Crippen LogP contribution in [0.5, 0.6) is 0 Å². The fraction of sp³-hybridized carbons (Fsp3) is 0.600. The first kappa shape index (κ1) is 12.7. The van der Waals surface area contributed by atoms with Crippen molar-refractivity contribution in [3.8, 4) is 0 Å². The van der Waals surface area contributed by atoms with Crippen molar-refractivity contribution >= 4 is 0 Å². The van der Waals surface area contributed by atoms with Gasteiger partial charge in [-0.05, 0) is 19.4 Å². The van der Waals surface area contributed by atoms with Crippen LogP contribution in [-0.2, 0) is 18.9 Å². The van der Waals surface area contributed by atoms with Crippen molar-refractivity contribution in [2.24, 2.45) is 0 Å². The van der Waals surface area contributed by atoms with Crippen LogP contribution in [0.3, 0.4) is 0 Å². The third kappa shape index (κ3) is 1.82. The van der Waals surface area contributed by atoms with E-state index in [0.29, 0.717) is 0 Å². The minimum Gasteiger partial charge on any atom is -0.387 e. The maximum Gasteiger partial charge on any atom is 0.190 e. The Morgan fingerprint density at radius 1 is 0.950 bits per heavy atom. The van der Waals surface area contributed by atoms with Gasteiger partial charge in [-0.25, -0.2) is 0 Å². The summed E-state index contributed by atoms with van der Waals surface area (Å²) in [4.78, 5) is 0. The number of ether oxygens (including phenoxy) is 4. The Bertz CT molecular complexity index is 502. The summed E-state index contributed by atoms with van der Waals surface area (Å²) in [6.07, 6.45) is -2.50. The Labute approximate surface area is 117 Å². The summed E-state index contributed by atoms with van der Waals surface area (Å²) in [6, 6.07) is 9.70. The molecule has 3 saturated heterocycles. The molecule has 3 fully saturated rings. The zero-order valence-corrected chi connectivity index (χ0v) is 11.4. The Balaban J connectivity index is 1.57. The number of aliphatic hydroxyl groups is 1. The van der Waals surface area contributed by atoms with E-state index in [-0.39, 0.29) is 18.3 Å². The van der Waals surface area contributed by atoms with Gasteiger partial charge in [-0.2, -0.15) is 0 Å². The van der Waals surface area contributed by atoms with Gasteiger partial charge < -0.3 is 24.1 Å². The standard InChI is InChI=1S/C15H18O5/c1-15(2)19-13-12-11(18-14(13)20-15)9(16)10(17-12)8-6-4-3-5-7-8/h3-7,9-14,16H,1-2H3/t9-,10-,11+,12-,13+,14+/m0/s1. The highest BCUT2D eigenvalue weighted by Gasteiger charge is 2.62. The van der Waals surface area contributed by atoms with Crippen LogP contribution in [0.25, 0.3) is 0 Å². The van der Waals surface area contributed by atoms with Gasteiger partial charge in [-0.15, -0.1) is 0 Å². The van der Waals surface area contributed by atoms with Crippen molar-refractivity contribution in [3.63, 3.8) is 0 Å². The van der Waals surface area contributed by atoms with Crippen LogP contribution in [0.4, 0.5) is 0 Å². The molecule has 108 valence electrons. The molecule has 0 aliphatic carbocycles. The lowest BCUT2D eigenvalue weighted by molar-refractivity contribution is -0.214. The van der Waals surface area contributed by atoms with Gasteiger partial charge in [-0.1, -0.05) is 30.3 Å². The van der Waals surface area contributed by atoms with Crippen molar-refractivity contribution in [1.29, 1.82) is 0 Å². The molecular formula is C15H18O5. The highest BCUT2D eigenvalue weighted by atomic mass is 16.8. The average Bonchev–Trinajstić information content (AvgIpc) is 2.99. The van der Waals surface area contributed by atoms with E-state index >= 15 is 0 Å². The van der Waals surface area contributed by atoms with E-state index in [2.05, 4.69) is 0 Å². The molecule has 4 rings (SSSR count). The number of hydrogen-bond donors (Lipinski definition) is 1. The Morgan fingerprint density at radius 2 is 1.70 bits per heavy atom. The van der Waals surface area contributed by atoms with Crippen LogP contribution >= 0.6 is 0 Å². The highest BCUT2D eigenvalue weighted by Crippen LogP contribution is 2.47. The zero-order chi connectivity index (χ0) is 13.9. The largest absolute Gasteiger partial charge is 0.387 e. The second kappa shape index (κ2) is 4.26. The monoisotopic (exact) mass is 278 g/mol. The van der Waals surface area contributed by atoms with E-state index < -0.39 is 24.3 Å². The first-order chi connectivity index (χ1) is 9.55. The molecule has 0 aromatic heterocycles. The third-order valence-corrected chi connectivity index (χ3v) is 4.11. The van der Waals surface area contributed by atoms with Gasteiger partial charge in [0.1, 0.15) is 30.5 Å². The van der Waals surface area contributed by atoms with Crippen LogP contribution in [-0.4, -0.2) is 41.6 Å². The van der Waals surface area contributed by atoms with Crippen LogP contribution < -0.4 is 0 Å². The minimum absolute atomic E-state index is 0.279. The molecular weight excluding hydrogens is 260 g/mol. The second-order valence-corrected chi connectivity index (χ2v) is 5.99. The van der Waals surface area contributed by atoms with Gasteiger partial charge >= 0.3 is 0 Å². The van der Waals surface area contributed by atoms with Gasteiger partial charge in [0, 0.05) is 0 Å². The molecule has 0 amide bonds. The Morgan fingerprint density at radius 3 is 2.45 bits per heavy atom. The molecule has 1 N–H and O–H groups in total. The van der Waals surface area contributed by atoms with E-state index in [4.69, 9.17) is 18.9 Å². The molecule has 1 aromatic carbocycles. The van der Waals surface area contributed by atoms with Crippen LogP contribution in [0, 0.1) is 0 Å². The molecule has 0 unspecified atom stereocenters. The number of aliphatic hydroxyl groups excluding tert-OH is 1. The van der Waals surface area contributed by atoms with E-state index in [1.54, 1.807) is 0 Å². The smallest absolute Gasteiger partial charge is 0.190 e. The lowest BCUT2D eigenvalue weighted by Crippen LogP contribution is -2.35. The van der Waals surface area contributed by atoms with Gasteiger partial charge in [0.05, 0.1) is 0 Å². The van der Waals surface area contributed by atoms with Crippen molar-refractivity contribution in [3.05, 3.63) is 35.9 Å². The molecule has 0 spiro atoms. The SMILES string of the molecule is CC1(C)O[C@H]2O[C@@H]3[C@@H](O)[C@H](c4ccccc4)O[C@@H]3[C@H]2O1. The van der Waals surface area contributed by atoms with Crippen molar-refractivity contribution in [2.45, 2.75) is 56.4 Å². The second-order valence-electron chi connectivity index (χ2n) is 5.99. The molecule has 5 heteroatoms. The number of hydrogen-bond acceptors (Lipinski definition) is 5. The van der Waals surface area contributed by atoms with Gasteiger partial charge in [-0.3, -0.25) is 0 Å². The highest BCUT2D eigenvalue weighted by molar-refractivity contribution is 5.22. The number of fused-ring (bicyclic) bond motifs is 3. The summed E-state index contributed by atoms with van der Waals surface area (Å²) >= 11 is 0. The zero-order valence-electron chi connectivity index (χ0n) is 11.4. The molecule has 0 bridgehead atoms. The molecule has 0 radical (unpaired) electrons. The molecule has 6 atom stereocenters. The molecule has 3 aliphatic rings. The van der Waals surface area contributed by atoms with Crippen LogP contribution in [0.15, 0.2) is 30.3 Å². The van der Waals surface area contributed by atoms with Crippen LogP contribution in [0.2, 0.25) is 0 Å². The molecule has 20 heavy (non-hydrogen) atoms. The first-order valence-corrected chi connectivity index (χ1v) is 6.95. The first-order valence-electron chi connectivity index (χ1n) is 6.95. The quantitative estimate of drug-likeness (QED) is 0.840. The predicted octanol–water partition coefficient (Wildman–Crippen LogP) is 1.36. The molecule has 3 aliphatic heterocycles. The van der Waals surface area contributed by atoms with E-state index in [0.717, 1.165) is 5.56 Å². The molecule has 0 saturated carbocycles. The minimum atomic E-state index is -0.705. The molecule has 3 heterocycles. The summed E-state index contributed by atoms with van der Waals surface area (Å²) in [5.41, 5.74) is 0.952. The predicted molar refractivity (Wildman–Crippen MR) is 68.8 cm³/mol. The summed E-state index contributed by atoms with van der Waals surface area (Å²) in [7, 11) is 0. The van der Waals surface area contributed by atoms with Crippen molar-refractivity contribution < 1.29 is 24.1 Å². The van der Waals surface area contributed by atoms with E-state index in [1.165, 1.54) is 0 Å². The van der Waals surface area contributed by atoms with Gasteiger partial charge in [0.15, 0.2) is 12.1 Å². The maximum absolute atomic E-state index is 10.4. The maximum atomic E-state index is 10.4.